The van der Waals surface area contributed by atoms with Gasteiger partial charge in [-0.05, 0) is 456 Å². The minimum absolute atomic E-state index is 0.0978. The van der Waals surface area contributed by atoms with Crippen LogP contribution in [0.25, 0.3) is 0 Å². The zero-order chi connectivity index (χ0) is 89.2. The smallest absolute Gasteiger partial charge is 0.123 e. The Labute approximate surface area is 773 Å². The predicted octanol–water partition coefficient (Wildman–Crippen LogP) is 28.4. The second kappa shape index (κ2) is 37.4. The zero-order valence-corrected chi connectivity index (χ0v) is 84.7. The Morgan fingerprint density at radius 2 is 0.552 bits per heavy atom. The van der Waals surface area contributed by atoms with Gasteiger partial charge in [0.15, 0.2) is 0 Å². The van der Waals surface area contributed by atoms with Crippen molar-refractivity contribution in [3.05, 3.63) is 46.6 Å². The van der Waals surface area contributed by atoms with E-state index in [1.54, 1.807) is 22.3 Å². The highest BCUT2D eigenvalue weighted by atomic mass is 79.9. The molecule has 16 fully saturated rings. The van der Waals surface area contributed by atoms with E-state index in [4.69, 9.17) is 0 Å². The fraction of sp³-hybridized carbons (Fsp3) is 0.922. The Morgan fingerprint density at radius 3 is 0.768 bits per heavy atom. The summed E-state index contributed by atoms with van der Waals surface area (Å²) >= 11 is 3.39. The number of carbonyl (C=O) groups is 1. The number of aliphatic hydroxyl groups is 7. The molecular weight excluding hydrogens is 1600 g/mol. The quantitative estimate of drug-likeness (QED) is 0.0303. The van der Waals surface area contributed by atoms with Crippen LogP contribution in [0.1, 0.15) is 438 Å². The van der Waals surface area contributed by atoms with E-state index in [0.29, 0.717) is 84.7 Å². The van der Waals surface area contributed by atoms with Crippen molar-refractivity contribution < 1.29 is 40.5 Å². The standard InChI is InChI=1S/3C29H48O2.C24H38O2.C5H9Br/c3*1-5-29(31)17-16-27(3)21(18-29)9-10-22-24-12-11-23(28(24,4)15-14-25(22)27)19(2)26(30)13-8-20-6-7-20;1-5-24(26)13-12-22(3)17(14-24)6-7-18-20-9-8-19(16(2)15-25)23(20,4)11-10-21(18)22;6-4-3-5-1-2-5/h3*9,19-20,22-26,30-31H,5-8,10-18H2,1-4H3;6,15-16,18-21,26H,5,7-14H2,1-4H3;5H,1-4H2/t2*19-,22-,23+,24-,25-,26+,27-,28+,29-;19-,22-,23+,24-,25-,26-,27-,28+,29-;16-,18+,19-,20+,21+,22+,23-,24+;/m0001./s1. The lowest BCUT2D eigenvalue weighted by molar-refractivity contribution is -0.115. The number of aliphatic hydroxyl groups excluding tert-OH is 3. The van der Waals surface area contributed by atoms with Gasteiger partial charge in [-0.25, -0.2) is 0 Å². The number of hydrogen-bond acceptors (Lipinski definition) is 8. The second-order valence-corrected chi connectivity index (χ2v) is 53.0. The molecule has 16 saturated carbocycles. The van der Waals surface area contributed by atoms with Gasteiger partial charge in [-0.15, -0.1) is 0 Å². The summed E-state index contributed by atoms with van der Waals surface area (Å²) < 4.78 is 0. The molecule has 20 rings (SSSR count). The first-order chi connectivity index (χ1) is 59.3. The molecule has 0 spiro atoms. The molecule has 35 atom stereocenters. The molecule has 0 aromatic rings. The molecule has 0 aliphatic heterocycles. The van der Waals surface area contributed by atoms with Crippen molar-refractivity contribution in [2.75, 3.05) is 5.33 Å². The summed E-state index contributed by atoms with van der Waals surface area (Å²) in [6.45, 7) is 38.3. The maximum Gasteiger partial charge on any atom is 0.123 e. The molecule has 20 aliphatic rings. The largest absolute Gasteiger partial charge is 0.393 e. The Balaban J connectivity index is 0.000000120. The summed E-state index contributed by atoms with van der Waals surface area (Å²) in [4.78, 5) is 11.5. The monoisotopic (exact) mass is 1790 g/mol. The predicted molar refractivity (Wildman–Crippen MR) is 519 cm³/mol. The van der Waals surface area contributed by atoms with Gasteiger partial charge in [0.2, 0.25) is 0 Å². The third-order valence-corrected chi connectivity index (χ3v) is 46.9. The lowest BCUT2D eigenvalue weighted by Crippen LogP contribution is -2.52. The average molecular weight is 1790 g/mol. The molecule has 20 aliphatic carbocycles. The number of aldehydes is 1. The van der Waals surface area contributed by atoms with Crippen LogP contribution >= 0.6 is 15.9 Å². The van der Waals surface area contributed by atoms with Gasteiger partial charge in [-0.1, -0.05) is 225 Å². The summed E-state index contributed by atoms with van der Waals surface area (Å²) in [5, 5.41) is 78.1. The number of halogens is 1. The van der Waals surface area contributed by atoms with E-state index in [9.17, 15) is 40.5 Å². The van der Waals surface area contributed by atoms with E-state index in [2.05, 4.69) is 151 Å². The van der Waals surface area contributed by atoms with Crippen LogP contribution in [0.3, 0.4) is 0 Å². The Hall–Kier alpha value is -1.17. The van der Waals surface area contributed by atoms with E-state index >= 15 is 0 Å². The number of carbonyl (C=O) groups excluding carboxylic acids is 1. The number of hydrogen-bond donors (Lipinski definition) is 7. The molecule has 8 nitrogen and oxygen atoms in total. The summed E-state index contributed by atoms with van der Waals surface area (Å²) in [5.41, 5.74) is 7.39. The van der Waals surface area contributed by atoms with Crippen LogP contribution in [0.2, 0.25) is 0 Å². The van der Waals surface area contributed by atoms with Crippen molar-refractivity contribution in [1.29, 1.82) is 0 Å². The molecular formula is C116H191BrO8. The number of alkyl halides is 1. The van der Waals surface area contributed by atoms with Crippen LogP contribution in [-0.4, -0.2) is 88.1 Å². The van der Waals surface area contributed by atoms with Crippen LogP contribution in [0.5, 0.6) is 0 Å². The lowest BCUT2D eigenvalue weighted by atomic mass is 9.46. The summed E-state index contributed by atoms with van der Waals surface area (Å²) in [5.74, 6) is 17.8. The summed E-state index contributed by atoms with van der Waals surface area (Å²) in [6, 6.07) is 0. The summed E-state index contributed by atoms with van der Waals surface area (Å²) in [7, 11) is 0. The van der Waals surface area contributed by atoms with E-state index in [-0.39, 0.29) is 24.2 Å². The normalized spacial score (nSPS) is 48.2. The Bertz CT molecular complexity index is 3520. The first-order valence-corrected chi connectivity index (χ1v) is 56.2. The third-order valence-electron chi connectivity index (χ3n) is 46.4. The minimum Gasteiger partial charge on any atom is -0.393 e. The van der Waals surface area contributed by atoms with Gasteiger partial charge in [0.25, 0.3) is 0 Å². The number of rotatable bonds is 23. The molecule has 0 saturated heterocycles. The molecule has 0 bridgehead atoms. The topological polar surface area (TPSA) is 159 Å². The zero-order valence-electron chi connectivity index (χ0n) is 83.2. The highest BCUT2D eigenvalue weighted by Gasteiger charge is 2.66. The van der Waals surface area contributed by atoms with Crippen LogP contribution in [0, 0.1) is 185 Å². The minimum atomic E-state index is -0.459. The molecule has 7 N–H and O–H groups in total. The van der Waals surface area contributed by atoms with E-state index < -0.39 is 22.4 Å². The van der Waals surface area contributed by atoms with Crippen molar-refractivity contribution in [3.8, 4) is 0 Å². The number of fused-ring (bicyclic) bond motifs is 20. The van der Waals surface area contributed by atoms with Gasteiger partial charge in [0, 0.05) is 11.2 Å². The first kappa shape index (κ1) is 96.9. The van der Waals surface area contributed by atoms with Gasteiger partial charge >= 0.3 is 0 Å². The molecule has 0 radical (unpaired) electrons. The van der Waals surface area contributed by atoms with Gasteiger partial charge < -0.3 is 40.5 Å². The fourth-order valence-corrected chi connectivity index (χ4v) is 37.0. The van der Waals surface area contributed by atoms with Crippen LogP contribution in [0.15, 0.2) is 46.6 Å². The van der Waals surface area contributed by atoms with Crippen LogP contribution < -0.4 is 0 Å². The van der Waals surface area contributed by atoms with Crippen molar-refractivity contribution >= 4 is 22.2 Å². The van der Waals surface area contributed by atoms with E-state index in [1.165, 1.54) is 236 Å². The van der Waals surface area contributed by atoms with Crippen molar-refractivity contribution in [2.24, 2.45) is 185 Å². The molecule has 0 aromatic heterocycles. The molecule has 0 aromatic carbocycles. The molecule has 710 valence electrons. The Kier molecular flexibility index (Phi) is 29.0. The van der Waals surface area contributed by atoms with Crippen molar-refractivity contribution in [3.63, 3.8) is 0 Å². The maximum absolute atomic E-state index is 11.5. The molecule has 125 heavy (non-hydrogen) atoms. The molecule has 0 amide bonds. The fourth-order valence-electron chi connectivity index (χ4n) is 36.4. The third kappa shape index (κ3) is 18.6. The molecule has 9 heteroatoms. The molecule has 0 heterocycles. The number of allylic oxidation sites excluding steroid dienone is 4. The van der Waals surface area contributed by atoms with Crippen molar-refractivity contribution in [1.82, 2.24) is 0 Å². The van der Waals surface area contributed by atoms with Gasteiger partial charge in [-0.2, -0.15) is 0 Å². The lowest BCUT2D eigenvalue weighted by Gasteiger charge is -2.59. The highest BCUT2D eigenvalue weighted by molar-refractivity contribution is 9.09. The second-order valence-electron chi connectivity index (χ2n) is 52.2. The van der Waals surface area contributed by atoms with Gasteiger partial charge in [-0.3, -0.25) is 0 Å². The van der Waals surface area contributed by atoms with E-state index in [0.717, 1.165) is 197 Å². The first-order valence-electron chi connectivity index (χ1n) is 55.0. The molecule has 0 unspecified atom stereocenters. The van der Waals surface area contributed by atoms with E-state index in [1.807, 2.05) is 0 Å². The van der Waals surface area contributed by atoms with Crippen LogP contribution in [-0.2, 0) is 4.79 Å². The van der Waals surface area contributed by atoms with Gasteiger partial charge in [0.05, 0.1) is 40.7 Å². The summed E-state index contributed by atoms with van der Waals surface area (Å²) in [6.07, 6.45) is 72.9. The maximum atomic E-state index is 11.5. The average Bonchev–Trinajstić information content (AvgIpc) is 1.65. The Morgan fingerprint density at radius 1 is 0.320 bits per heavy atom. The highest BCUT2D eigenvalue weighted by Crippen LogP contribution is 2.74. The van der Waals surface area contributed by atoms with Crippen molar-refractivity contribution in [2.45, 2.75) is 479 Å². The van der Waals surface area contributed by atoms with Crippen LogP contribution in [0.4, 0.5) is 0 Å². The SMILES string of the molecule is BrCCC1CC1.CC[C@]1(O)CC[C@@]2(C)C(=CC[C@H]3[C@@H]4CC[C@H]([C@H](C)C=O)[C@@]4(C)CC[C@@H]32)C1.CC[C@]1(O)CC[C@@]2(C)C(=CC[C@H]3[C@@H]4CC[C@H]([C@H](C)[C@@H](O)CCC5CC5)[C@@]4(C)CC[C@@H]32)C1.CC[C@]1(O)CC[C@@]2(C)C(=CC[C@H]3[C@@H]4CC[C@H]([C@H](C)[C@H](O)CCC5CC5)[C@@]4(C)CC[C@@H]32)C1.CC[C@]1(O)CC[C@@]2(C)C(=CC[C@H]3[C@@H]4CC[C@H]([C@H](C)[C@H](O)CCC5CC5)[C@@]4(C)CC[C@@H]32)C1. The van der Waals surface area contributed by atoms with Gasteiger partial charge in [0.1, 0.15) is 6.29 Å².